The second-order valence-electron chi connectivity index (χ2n) is 36.3. The fourth-order valence-corrected chi connectivity index (χ4v) is 21.3. The van der Waals surface area contributed by atoms with E-state index in [1.54, 1.807) is 0 Å². The summed E-state index contributed by atoms with van der Waals surface area (Å²) in [5.74, 6) is 0. The predicted molar refractivity (Wildman–Crippen MR) is 580 cm³/mol. The minimum Gasteiger partial charge on any atom is -0.456 e. The molecule has 9 heterocycles. The van der Waals surface area contributed by atoms with Crippen LogP contribution in [0.5, 0.6) is 0 Å². The highest BCUT2D eigenvalue weighted by atomic mass is 32.1. The van der Waals surface area contributed by atoms with Crippen molar-refractivity contribution in [2.45, 2.75) is 125 Å². The molecule has 7 nitrogen and oxygen atoms in total. The highest BCUT2D eigenvalue weighted by Gasteiger charge is 2.18. The van der Waals surface area contributed by atoms with Crippen molar-refractivity contribution in [2.24, 2.45) is 0 Å². The molecule has 0 N–H and O–H groups in total. The maximum Gasteiger partial charge on any atom is 0.138 e. The zero-order valence-electron chi connectivity index (χ0n) is 79.9. The Kier molecular flexibility index (Phi) is 24.8. The van der Waals surface area contributed by atoms with Crippen molar-refractivity contribution < 1.29 is 30.9 Å². The Morgan fingerprint density at radius 3 is 0.911 bits per heavy atom. The normalized spacial score (nSPS) is 11.3. The first-order valence-corrected chi connectivity index (χ1v) is 47.9. The molecular weight excluding hydrogens is 1690 g/mol. The molecule has 0 saturated carbocycles. The van der Waals surface area contributed by atoms with Gasteiger partial charge in [-0.1, -0.05) is 265 Å². The molecule has 0 aliphatic heterocycles. The van der Waals surface area contributed by atoms with Crippen LogP contribution in [0, 0.1) is 125 Å². The quantitative estimate of drug-likeness (QED) is 0.149. The number of hydrogen-bond acceptors (Lipinski definition) is 9. The topological polar surface area (TPSA) is 92.0 Å². The van der Waals surface area contributed by atoms with Crippen LogP contribution in [0.15, 0.2) is 359 Å². The third-order valence-corrected chi connectivity index (χ3v) is 28.5. The molecule has 666 valence electrons. The lowest BCUT2D eigenvalue weighted by Crippen LogP contribution is -1.77. The van der Waals surface area contributed by atoms with Crippen LogP contribution in [0.1, 0.15) is 100 Å². The Bertz CT molecular complexity index is 8700. The number of hydrogen-bond donors (Lipinski definition) is 0. The number of para-hydroxylation sites is 6. The van der Waals surface area contributed by atoms with Gasteiger partial charge in [0.05, 0.1) is 0 Å². The van der Waals surface area contributed by atoms with Crippen LogP contribution in [0.4, 0.5) is 0 Å². The molecule has 18 aromatic carbocycles. The van der Waals surface area contributed by atoms with Gasteiger partial charge in [0, 0.05) is 116 Å². The van der Waals surface area contributed by atoms with E-state index in [1.807, 2.05) is 89.4 Å². The standard InChI is InChI=1S/7C14H12O.2C14H12S/c1-9-5-4-8-12-13(9)11-7-3-6-10(2)14(11)15-12;1-9-3-5-13-11(7-9)12-8-10(2)4-6-14(12)15-13;1-9-5-3-7-11-13(9)14-10(2)6-4-8-12(14)15-11;1-9-5-3-7-11-12-8-4-6-10(2)14(12)15-13(9)11;1-9-6-7-11-12-5-3-4-10(2)14(12)15-13(11)8-9;1-9-6-7-13-12(8-9)11-5-3-4-10(2)14(11)15-13;1-9-7-8-10(2)14-13(9)11-5-3-4-6-12(11)15-14;1-9-3-5-11-12-6-4-10(2)8-14(12)15-13(11)7-9;1-9-5-3-7-11-12-8-4-6-10(2)14(12)15-13(9)11/h9*3-8H,1-2H3. The lowest BCUT2D eigenvalue weighted by atomic mass is 10.0. The van der Waals surface area contributed by atoms with Gasteiger partial charge in [0.15, 0.2) is 0 Å². The number of thiophene rings is 2. The van der Waals surface area contributed by atoms with Gasteiger partial charge in [-0.3, -0.25) is 0 Å². The van der Waals surface area contributed by atoms with Crippen molar-refractivity contribution in [1.29, 1.82) is 0 Å². The van der Waals surface area contributed by atoms with Crippen molar-refractivity contribution in [3.8, 4) is 0 Å². The van der Waals surface area contributed by atoms with Crippen molar-refractivity contribution >= 4 is 217 Å². The average molecular weight is 1800 g/mol. The average Bonchev–Trinajstić information content (AvgIpc) is 1.63. The highest BCUT2D eigenvalue weighted by molar-refractivity contribution is 7.26. The highest BCUT2D eigenvalue weighted by Crippen LogP contribution is 2.43. The van der Waals surface area contributed by atoms with E-state index in [2.05, 4.69) is 385 Å². The molecule has 0 saturated heterocycles. The largest absolute Gasteiger partial charge is 0.456 e. The van der Waals surface area contributed by atoms with Crippen LogP contribution in [0.3, 0.4) is 0 Å². The van der Waals surface area contributed by atoms with Crippen LogP contribution < -0.4 is 0 Å². The molecule has 135 heavy (non-hydrogen) atoms. The Morgan fingerprint density at radius 2 is 0.422 bits per heavy atom. The first kappa shape index (κ1) is 89.2. The fraction of sp³-hybridized carbons (Fsp3) is 0.143. The van der Waals surface area contributed by atoms with E-state index in [4.69, 9.17) is 30.9 Å². The maximum absolute atomic E-state index is 5.91. The monoisotopic (exact) mass is 1800 g/mol. The predicted octanol–water partition coefficient (Wildman–Crippen LogP) is 38.8. The van der Waals surface area contributed by atoms with Gasteiger partial charge in [0.1, 0.15) is 78.2 Å². The van der Waals surface area contributed by atoms with Crippen LogP contribution in [0.2, 0.25) is 0 Å². The molecule has 9 aromatic heterocycles. The van der Waals surface area contributed by atoms with Gasteiger partial charge in [-0.2, -0.15) is 0 Å². The molecular formula is C126H108O7S2. The van der Waals surface area contributed by atoms with Gasteiger partial charge in [-0.05, 0) is 287 Å². The number of rotatable bonds is 0. The summed E-state index contributed by atoms with van der Waals surface area (Å²) in [6.45, 7) is 38.1. The van der Waals surface area contributed by atoms with Gasteiger partial charge in [-0.15, -0.1) is 22.7 Å². The molecule has 27 aromatic rings. The zero-order chi connectivity index (χ0) is 93.7. The number of fused-ring (bicyclic) bond motifs is 27. The minimum atomic E-state index is 0.973. The molecule has 0 aliphatic carbocycles. The summed E-state index contributed by atoms with van der Waals surface area (Å²) >= 11 is 3.80. The van der Waals surface area contributed by atoms with Crippen LogP contribution in [-0.4, -0.2) is 0 Å². The van der Waals surface area contributed by atoms with E-state index in [0.717, 1.165) is 78.2 Å². The summed E-state index contributed by atoms with van der Waals surface area (Å²) in [4.78, 5) is 0. The van der Waals surface area contributed by atoms with E-state index in [0.29, 0.717) is 0 Å². The summed E-state index contributed by atoms with van der Waals surface area (Å²) in [6.07, 6.45) is 0. The van der Waals surface area contributed by atoms with Crippen molar-refractivity contribution in [1.82, 2.24) is 0 Å². The Balaban J connectivity index is 0.0000000975. The van der Waals surface area contributed by atoms with Gasteiger partial charge < -0.3 is 30.9 Å². The zero-order valence-corrected chi connectivity index (χ0v) is 81.5. The van der Waals surface area contributed by atoms with E-state index in [1.165, 1.54) is 216 Å². The number of benzene rings is 18. The first-order chi connectivity index (χ1) is 65.3. The molecule has 0 bridgehead atoms. The van der Waals surface area contributed by atoms with Crippen LogP contribution in [-0.2, 0) is 0 Å². The van der Waals surface area contributed by atoms with E-state index in [9.17, 15) is 0 Å². The van der Waals surface area contributed by atoms with Gasteiger partial charge in [-0.25, -0.2) is 0 Å². The maximum atomic E-state index is 5.91. The molecule has 9 heteroatoms. The van der Waals surface area contributed by atoms with Gasteiger partial charge >= 0.3 is 0 Å². The summed E-state index contributed by atoms with van der Waals surface area (Å²) in [5.41, 5.74) is 36.7. The molecule has 0 spiro atoms. The van der Waals surface area contributed by atoms with Gasteiger partial charge in [0.2, 0.25) is 0 Å². The molecule has 27 rings (SSSR count). The molecule has 0 atom stereocenters. The van der Waals surface area contributed by atoms with Crippen LogP contribution in [0.25, 0.3) is 194 Å². The second kappa shape index (κ2) is 37.6. The second-order valence-corrected chi connectivity index (χ2v) is 38.4. The number of aryl methyl sites for hydroxylation is 18. The summed E-state index contributed by atoms with van der Waals surface area (Å²) in [5, 5.41) is 22.8. The van der Waals surface area contributed by atoms with E-state index < -0.39 is 0 Å². The minimum absolute atomic E-state index is 0.973. The molecule has 0 amide bonds. The summed E-state index contributed by atoms with van der Waals surface area (Å²) in [7, 11) is 0. The lowest BCUT2D eigenvalue weighted by molar-refractivity contribution is 0.662. The molecule has 0 fully saturated rings. The van der Waals surface area contributed by atoms with Crippen LogP contribution >= 0.6 is 22.7 Å². The van der Waals surface area contributed by atoms with E-state index in [-0.39, 0.29) is 0 Å². The Hall–Kier alpha value is -15.0. The van der Waals surface area contributed by atoms with Crippen molar-refractivity contribution in [3.63, 3.8) is 0 Å². The van der Waals surface area contributed by atoms with E-state index >= 15 is 0 Å². The third-order valence-electron chi connectivity index (χ3n) is 25.9. The summed E-state index contributed by atoms with van der Waals surface area (Å²) in [6, 6.07) is 114. The SMILES string of the molecule is Cc1ccc(C)c2c1oc1ccccc12.Cc1ccc2c(c1)oc1c(C)cccc12.Cc1ccc2c(c1)sc1cc(C)ccc12.Cc1ccc2oc3c(C)cccc3c2c1.Cc1ccc2oc3ccc(C)cc3c2c1.Cc1cccc2c1oc1c(C)cccc12.Cc1cccc2c1oc1cccc(C)c12.Cc1cccc2c1sc1c(C)cccc12.Cc1cccc2oc3cccc(C)c3c12. The Morgan fingerprint density at radius 1 is 0.141 bits per heavy atom. The summed E-state index contributed by atoms with van der Waals surface area (Å²) < 4.78 is 46.6. The number of furan rings is 7. The van der Waals surface area contributed by atoms with Crippen molar-refractivity contribution in [3.05, 3.63) is 428 Å². The lowest BCUT2D eigenvalue weighted by Gasteiger charge is -1.97. The smallest absolute Gasteiger partial charge is 0.138 e. The molecule has 0 radical (unpaired) electrons. The fourth-order valence-electron chi connectivity index (χ4n) is 18.8. The third kappa shape index (κ3) is 17.7. The molecule has 0 aliphatic rings. The Labute approximate surface area is 794 Å². The molecule has 0 unspecified atom stereocenters. The van der Waals surface area contributed by atoms with Crippen molar-refractivity contribution in [2.75, 3.05) is 0 Å². The van der Waals surface area contributed by atoms with Gasteiger partial charge in [0.25, 0.3) is 0 Å². The first-order valence-electron chi connectivity index (χ1n) is 46.3.